The maximum Gasteiger partial charge on any atom is 0.411 e. The van der Waals surface area contributed by atoms with Gasteiger partial charge in [-0.3, -0.25) is 19.3 Å². The predicted octanol–water partition coefficient (Wildman–Crippen LogP) is 5.38. The minimum Gasteiger partial charge on any atom is -0.457 e. The van der Waals surface area contributed by atoms with E-state index >= 15 is 0 Å². The molecular formula is C32H35NO8. The van der Waals surface area contributed by atoms with E-state index in [4.69, 9.17) is 14.2 Å². The minimum absolute atomic E-state index is 0.0958. The number of amides is 1. The van der Waals surface area contributed by atoms with Crippen molar-refractivity contribution < 1.29 is 38.2 Å². The number of rotatable bonds is 8. The van der Waals surface area contributed by atoms with Gasteiger partial charge < -0.3 is 14.2 Å². The first-order valence-electron chi connectivity index (χ1n) is 14.2. The lowest BCUT2D eigenvalue weighted by molar-refractivity contribution is -0.148. The van der Waals surface area contributed by atoms with Gasteiger partial charge in [0.1, 0.15) is 11.6 Å². The predicted molar refractivity (Wildman–Crippen MR) is 149 cm³/mol. The summed E-state index contributed by atoms with van der Waals surface area (Å²) < 4.78 is 16.0. The molecule has 1 heterocycles. The summed E-state index contributed by atoms with van der Waals surface area (Å²) in [4.78, 5) is 64.2. The maximum absolute atomic E-state index is 12.9. The van der Waals surface area contributed by atoms with Crippen LogP contribution in [0.5, 0.6) is 0 Å². The molecule has 0 bridgehead atoms. The highest BCUT2D eigenvalue weighted by atomic mass is 16.6. The molecule has 9 nitrogen and oxygen atoms in total. The fraction of sp³-hybridized carbons (Fsp3) is 0.469. The monoisotopic (exact) mass is 561 g/mol. The fourth-order valence-corrected chi connectivity index (χ4v) is 5.65. The molecule has 2 aromatic carbocycles. The molecule has 216 valence electrons. The van der Waals surface area contributed by atoms with Crippen LogP contribution in [-0.2, 0) is 23.8 Å². The first kappa shape index (κ1) is 28.5. The minimum atomic E-state index is -0.774. The van der Waals surface area contributed by atoms with E-state index in [1.54, 1.807) is 45.0 Å². The molecule has 1 aliphatic heterocycles. The largest absolute Gasteiger partial charge is 0.457 e. The number of Topliss-reactive ketones (excluding diaryl/α,β-unsaturated/α-hetero) is 2. The zero-order valence-electron chi connectivity index (χ0n) is 23.7. The van der Waals surface area contributed by atoms with Gasteiger partial charge in [0.15, 0.2) is 24.8 Å². The Bertz CT molecular complexity index is 1400. The summed E-state index contributed by atoms with van der Waals surface area (Å²) in [6.45, 7) is 4.96. The summed E-state index contributed by atoms with van der Waals surface area (Å²) in [7, 11) is 0. The summed E-state index contributed by atoms with van der Waals surface area (Å²) >= 11 is 0. The lowest BCUT2D eigenvalue weighted by Crippen LogP contribution is -2.44. The summed E-state index contributed by atoms with van der Waals surface area (Å²) in [5.41, 5.74) is 3.76. The Hall–Kier alpha value is -4.01. The van der Waals surface area contributed by atoms with Gasteiger partial charge >= 0.3 is 18.0 Å². The highest BCUT2D eigenvalue weighted by Gasteiger charge is 2.38. The summed E-state index contributed by atoms with van der Waals surface area (Å²) in [6, 6.07) is 9.75. The molecule has 3 aliphatic rings. The molecule has 1 saturated carbocycles. The van der Waals surface area contributed by atoms with Crippen LogP contribution < -0.4 is 0 Å². The molecule has 9 heteroatoms. The highest BCUT2D eigenvalue weighted by Crippen LogP contribution is 2.47. The van der Waals surface area contributed by atoms with E-state index < -0.39 is 30.3 Å². The molecule has 2 aromatic rings. The molecule has 2 fully saturated rings. The zero-order valence-corrected chi connectivity index (χ0v) is 23.7. The standard InChI is InChI=1S/C32H35NO8/c1-32(2,3)41-31(38)33-14-6-9-26(33)30(37)40-18-28(35)21-11-13-23-24-15-20(10-12-22(24)25(23)16-21)27(34)17-39-29(36)19-7-4-5-8-19/h10-13,15-16,19,26H,4-9,14,17-18H2,1-3H3/t26-/m1/s1. The summed E-state index contributed by atoms with van der Waals surface area (Å²) in [6.07, 6.45) is 4.22. The number of nitrogens with zero attached hydrogens (tertiary/aromatic N) is 1. The van der Waals surface area contributed by atoms with Crippen molar-refractivity contribution in [3.05, 3.63) is 47.5 Å². The summed E-state index contributed by atoms with van der Waals surface area (Å²) in [5.74, 6) is -1.62. The van der Waals surface area contributed by atoms with E-state index in [0.29, 0.717) is 30.5 Å². The van der Waals surface area contributed by atoms with Gasteiger partial charge in [0.05, 0.1) is 5.92 Å². The smallest absolute Gasteiger partial charge is 0.411 e. The van der Waals surface area contributed by atoms with Gasteiger partial charge in [-0.25, -0.2) is 9.59 Å². The van der Waals surface area contributed by atoms with Gasteiger partial charge in [-0.15, -0.1) is 0 Å². The third-order valence-corrected chi connectivity index (χ3v) is 7.80. The second kappa shape index (κ2) is 11.5. The van der Waals surface area contributed by atoms with Crippen LogP contribution in [0.25, 0.3) is 22.3 Å². The summed E-state index contributed by atoms with van der Waals surface area (Å²) in [5, 5.41) is 0. The third kappa shape index (κ3) is 6.19. The molecule has 0 aromatic heterocycles. The Morgan fingerprint density at radius 1 is 0.732 bits per heavy atom. The number of carbonyl (C=O) groups is 5. The average Bonchev–Trinajstić information content (AvgIpc) is 3.64. The fourth-order valence-electron chi connectivity index (χ4n) is 5.65. The van der Waals surface area contributed by atoms with Gasteiger partial charge in [0.25, 0.3) is 0 Å². The Kier molecular flexibility index (Phi) is 7.98. The lowest BCUT2D eigenvalue weighted by Gasteiger charge is -2.27. The van der Waals surface area contributed by atoms with Crippen LogP contribution in [0, 0.1) is 5.92 Å². The molecule has 1 amide bonds. The Balaban J connectivity index is 1.16. The average molecular weight is 562 g/mol. The number of likely N-dealkylation sites (tertiary alicyclic amines) is 1. The van der Waals surface area contributed by atoms with Gasteiger partial charge in [0.2, 0.25) is 0 Å². The van der Waals surface area contributed by atoms with E-state index in [1.165, 1.54) is 4.90 Å². The highest BCUT2D eigenvalue weighted by molar-refractivity contribution is 6.09. The maximum atomic E-state index is 12.9. The Morgan fingerprint density at radius 2 is 1.27 bits per heavy atom. The molecule has 1 saturated heterocycles. The third-order valence-electron chi connectivity index (χ3n) is 7.80. The molecule has 5 rings (SSSR count). The van der Waals surface area contributed by atoms with Crippen LogP contribution in [0.2, 0.25) is 0 Å². The molecule has 41 heavy (non-hydrogen) atoms. The molecule has 2 aliphatic carbocycles. The zero-order chi connectivity index (χ0) is 29.3. The Labute approximate surface area is 239 Å². The van der Waals surface area contributed by atoms with Crippen molar-refractivity contribution in [2.45, 2.75) is 70.9 Å². The SMILES string of the molecule is CC(C)(C)OC(=O)N1CCC[C@@H]1C(=O)OCC(=O)c1ccc2c(c1)-c1ccc(C(=O)COC(=O)C3CCCC3)cc1-2. The number of hydrogen-bond acceptors (Lipinski definition) is 8. The van der Waals surface area contributed by atoms with Crippen molar-refractivity contribution in [3.8, 4) is 22.3 Å². The van der Waals surface area contributed by atoms with Crippen LogP contribution in [-0.4, -0.2) is 65.9 Å². The molecule has 0 spiro atoms. The number of fused-ring (bicyclic) bond motifs is 4. The molecular weight excluding hydrogens is 526 g/mol. The van der Waals surface area contributed by atoms with E-state index in [0.717, 1.165) is 47.9 Å². The second-order valence-corrected chi connectivity index (χ2v) is 11.9. The van der Waals surface area contributed by atoms with Crippen molar-refractivity contribution in [1.82, 2.24) is 4.90 Å². The topological polar surface area (TPSA) is 116 Å². The van der Waals surface area contributed by atoms with Crippen molar-refractivity contribution in [2.24, 2.45) is 5.92 Å². The Morgan fingerprint density at radius 3 is 1.80 bits per heavy atom. The van der Waals surface area contributed by atoms with E-state index in [2.05, 4.69) is 0 Å². The van der Waals surface area contributed by atoms with Gasteiger partial charge in [-0.05, 0) is 80.8 Å². The van der Waals surface area contributed by atoms with Crippen LogP contribution in [0.4, 0.5) is 4.79 Å². The molecule has 1 atom stereocenters. The van der Waals surface area contributed by atoms with Crippen LogP contribution in [0.15, 0.2) is 36.4 Å². The van der Waals surface area contributed by atoms with E-state index in [9.17, 15) is 24.0 Å². The number of benzene rings is 2. The normalized spacial score (nSPS) is 17.7. The van der Waals surface area contributed by atoms with Crippen LogP contribution in [0.1, 0.15) is 80.0 Å². The lowest BCUT2D eigenvalue weighted by atomic mass is 9.78. The number of esters is 2. The number of hydrogen-bond donors (Lipinski definition) is 0. The van der Waals surface area contributed by atoms with Crippen molar-refractivity contribution in [2.75, 3.05) is 19.8 Å². The van der Waals surface area contributed by atoms with Crippen LogP contribution >= 0.6 is 0 Å². The van der Waals surface area contributed by atoms with Gasteiger partial charge in [0, 0.05) is 17.7 Å². The van der Waals surface area contributed by atoms with E-state index in [1.807, 2.05) is 12.1 Å². The van der Waals surface area contributed by atoms with Gasteiger partial charge in [-0.1, -0.05) is 37.1 Å². The first-order chi connectivity index (χ1) is 19.5. The van der Waals surface area contributed by atoms with Crippen molar-refractivity contribution >= 4 is 29.6 Å². The molecule has 0 N–H and O–H groups in total. The van der Waals surface area contributed by atoms with E-state index in [-0.39, 0.29) is 30.1 Å². The molecule has 0 unspecified atom stereocenters. The van der Waals surface area contributed by atoms with Crippen molar-refractivity contribution in [3.63, 3.8) is 0 Å². The van der Waals surface area contributed by atoms with Crippen molar-refractivity contribution in [1.29, 1.82) is 0 Å². The number of carbonyl (C=O) groups excluding carboxylic acids is 5. The second-order valence-electron chi connectivity index (χ2n) is 11.9. The number of ether oxygens (including phenoxy) is 3. The number of ketones is 2. The first-order valence-corrected chi connectivity index (χ1v) is 14.2. The molecule has 0 radical (unpaired) electrons. The van der Waals surface area contributed by atoms with Crippen LogP contribution in [0.3, 0.4) is 0 Å². The van der Waals surface area contributed by atoms with Gasteiger partial charge in [-0.2, -0.15) is 0 Å². The quantitative estimate of drug-likeness (QED) is 0.205.